The Hall–Kier alpha value is -3.30. The summed E-state index contributed by atoms with van der Waals surface area (Å²) in [6, 6.07) is 6.13. The Labute approximate surface area is 180 Å². The summed E-state index contributed by atoms with van der Waals surface area (Å²) in [6.07, 6.45) is -8.86. The molecule has 0 aliphatic carbocycles. The smallest absolute Gasteiger partial charge is 0.422 e. The first-order chi connectivity index (χ1) is 15.3. The number of ether oxygens (including phenoxy) is 2. The van der Waals surface area contributed by atoms with E-state index in [9.17, 15) is 39.2 Å². The lowest BCUT2D eigenvalue weighted by Crippen LogP contribution is -2.33. The van der Waals surface area contributed by atoms with E-state index in [0.717, 1.165) is 18.2 Å². The number of nitrogens with zero attached hydrogens (tertiary/aromatic N) is 2. The molecule has 1 N–H and O–H groups in total. The highest BCUT2D eigenvalue weighted by atomic mass is 32.2. The molecule has 3 rings (SSSR count). The lowest BCUT2D eigenvalue weighted by molar-refractivity contribution is -0.153. The van der Waals surface area contributed by atoms with E-state index in [1.165, 1.54) is 12.1 Å². The second kappa shape index (κ2) is 8.92. The molecule has 0 spiro atoms. The molecule has 33 heavy (non-hydrogen) atoms. The fraction of sp³-hybridized carbons (Fsp3) is 0.294. The maximum absolute atomic E-state index is 13.2. The maximum Gasteiger partial charge on any atom is 0.422 e. The van der Waals surface area contributed by atoms with Gasteiger partial charge in [0.1, 0.15) is 21.9 Å². The molecule has 1 aromatic heterocycles. The van der Waals surface area contributed by atoms with Crippen LogP contribution in [0.3, 0.4) is 0 Å². The van der Waals surface area contributed by atoms with Crippen LogP contribution in [0, 0.1) is 0 Å². The van der Waals surface area contributed by atoms with Gasteiger partial charge in [0.05, 0.1) is 5.69 Å². The van der Waals surface area contributed by atoms with E-state index in [-0.39, 0.29) is 11.0 Å². The second-order valence-electron chi connectivity index (χ2n) is 6.44. The van der Waals surface area contributed by atoms with Crippen LogP contribution in [0.15, 0.2) is 45.9 Å². The molecule has 0 bridgehead atoms. The summed E-state index contributed by atoms with van der Waals surface area (Å²) in [6.45, 7) is -3.64. The van der Waals surface area contributed by atoms with Crippen molar-refractivity contribution >= 4 is 26.7 Å². The number of hydrogen-bond acceptors (Lipinski definition) is 7. The van der Waals surface area contributed by atoms with Gasteiger partial charge >= 0.3 is 18.5 Å². The fourth-order valence-corrected chi connectivity index (χ4v) is 3.61. The van der Waals surface area contributed by atoms with Crippen LogP contribution in [0.4, 0.5) is 36.4 Å². The van der Waals surface area contributed by atoms with Crippen LogP contribution in [0.25, 0.3) is 11.0 Å². The zero-order valence-electron chi connectivity index (χ0n) is 15.9. The predicted molar refractivity (Wildman–Crippen MR) is 97.1 cm³/mol. The van der Waals surface area contributed by atoms with E-state index in [4.69, 9.17) is 0 Å². The Bertz CT molecular complexity index is 1230. The average molecular weight is 503 g/mol. The summed E-state index contributed by atoms with van der Waals surface area (Å²) in [7, 11) is -4.46. The number of hydrogen-bond donors (Lipinski definition) is 1. The van der Waals surface area contributed by atoms with Crippen molar-refractivity contribution in [1.29, 1.82) is 0 Å². The Morgan fingerprint density at radius 1 is 0.970 bits per heavy atom. The van der Waals surface area contributed by atoms with E-state index < -0.39 is 63.8 Å². The Balaban J connectivity index is 1.92. The van der Waals surface area contributed by atoms with Gasteiger partial charge in [-0.2, -0.15) is 22.0 Å². The van der Waals surface area contributed by atoms with Crippen molar-refractivity contribution in [2.75, 3.05) is 17.9 Å². The third kappa shape index (κ3) is 6.15. The zero-order chi connectivity index (χ0) is 24.4. The van der Waals surface area contributed by atoms with Gasteiger partial charge in [0.15, 0.2) is 18.7 Å². The molecular weight excluding hydrogens is 491 g/mol. The molecule has 0 unspecified atom stereocenters. The summed E-state index contributed by atoms with van der Waals surface area (Å²) >= 11 is 0. The molecule has 3 aromatic rings. The molecule has 180 valence electrons. The van der Waals surface area contributed by atoms with Crippen molar-refractivity contribution in [3.05, 3.63) is 36.4 Å². The van der Waals surface area contributed by atoms with Gasteiger partial charge in [-0.1, -0.05) is 6.07 Å². The minimum atomic E-state index is -4.78. The number of fused-ring (bicyclic) bond motifs is 1. The van der Waals surface area contributed by atoms with Crippen molar-refractivity contribution < 1.29 is 53.3 Å². The molecule has 0 aliphatic heterocycles. The topological polar surface area (TPSA) is 104 Å². The van der Waals surface area contributed by atoms with Crippen molar-refractivity contribution in [2.45, 2.75) is 23.4 Å². The molecule has 0 saturated heterocycles. The fourth-order valence-electron chi connectivity index (χ4n) is 2.41. The highest BCUT2D eigenvalue weighted by Crippen LogP contribution is 2.32. The zero-order valence-corrected chi connectivity index (χ0v) is 16.8. The third-order valence-electron chi connectivity index (χ3n) is 3.82. The quantitative estimate of drug-likeness (QED) is 0.436. The highest BCUT2D eigenvalue weighted by molar-refractivity contribution is 7.93. The number of halogens is 7. The lowest BCUT2D eigenvalue weighted by atomic mass is 10.3. The standard InChI is InChI=1S/C17H12F7N3O5S/c18-15(19)16(20,21)7-30-10-4-9(5-11(6-10)31-8-17(22,23)24)27-33(28,29)13-3-1-2-12-14(13)26-32-25-12/h1-6,15,27H,7-8H2. The lowest BCUT2D eigenvalue weighted by Gasteiger charge is -2.18. The van der Waals surface area contributed by atoms with E-state index >= 15 is 0 Å². The molecule has 1 heterocycles. The Kier molecular flexibility index (Phi) is 6.58. The summed E-state index contributed by atoms with van der Waals surface area (Å²) in [4.78, 5) is -0.422. The van der Waals surface area contributed by atoms with Crippen LogP contribution in [0.1, 0.15) is 0 Å². The number of benzene rings is 2. The van der Waals surface area contributed by atoms with Gasteiger partial charge in [-0.3, -0.25) is 4.72 Å². The summed E-state index contributed by atoms with van der Waals surface area (Å²) in [5.41, 5.74) is -0.556. The molecule has 0 atom stereocenters. The van der Waals surface area contributed by atoms with Gasteiger partial charge in [-0.05, 0) is 22.4 Å². The normalized spacial score (nSPS) is 12.8. The van der Waals surface area contributed by atoms with E-state index in [1.807, 2.05) is 4.72 Å². The molecule has 16 heteroatoms. The summed E-state index contributed by atoms with van der Waals surface area (Å²) < 4.78 is 129. The number of anilines is 1. The van der Waals surface area contributed by atoms with Gasteiger partial charge in [0.2, 0.25) is 0 Å². The number of sulfonamides is 1. The summed E-state index contributed by atoms with van der Waals surface area (Å²) in [5, 5.41) is 6.94. The third-order valence-corrected chi connectivity index (χ3v) is 5.24. The van der Waals surface area contributed by atoms with Crippen molar-refractivity contribution in [1.82, 2.24) is 10.3 Å². The van der Waals surface area contributed by atoms with Crippen LogP contribution in [-0.4, -0.2) is 50.5 Å². The van der Waals surface area contributed by atoms with E-state index in [1.54, 1.807) is 0 Å². The van der Waals surface area contributed by atoms with Crippen molar-refractivity contribution in [3.63, 3.8) is 0 Å². The number of aromatic nitrogens is 2. The SMILES string of the molecule is O=S(=O)(Nc1cc(OCC(F)(F)F)cc(OCC(F)(F)C(F)F)c1)c1cccc2nonc12. The highest BCUT2D eigenvalue weighted by Gasteiger charge is 2.41. The van der Waals surface area contributed by atoms with Crippen LogP contribution >= 0.6 is 0 Å². The molecule has 0 amide bonds. The number of alkyl halides is 7. The molecule has 0 fully saturated rings. The van der Waals surface area contributed by atoms with Gasteiger partial charge in [0.25, 0.3) is 10.0 Å². The molecular formula is C17H12F7N3O5S. The number of rotatable bonds is 9. The van der Waals surface area contributed by atoms with Crippen LogP contribution in [0.2, 0.25) is 0 Å². The van der Waals surface area contributed by atoms with Crippen LogP contribution < -0.4 is 14.2 Å². The largest absolute Gasteiger partial charge is 0.487 e. The van der Waals surface area contributed by atoms with Gasteiger partial charge in [-0.15, -0.1) is 0 Å². The van der Waals surface area contributed by atoms with E-state index in [0.29, 0.717) is 6.07 Å². The van der Waals surface area contributed by atoms with Crippen molar-refractivity contribution in [3.8, 4) is 11.5 Å². The maximum atomic E-state index is 13.2. The van der Waals surface area contributed by atoms with Gasteiger partial charge < -0.3 is 9.47 Å². The first kappa shape index (κ1) is 24.3. The summed E-state index contributed by atoms with van der Waals surface area (Å²) in [5.74, 6) is -5.86. The van der Waals surface area contributed by atoms with Gasteiger partial charge in [-0.25, -0.2) is 21.8 Å². The van der Waals surface area contributed by atoms with Crippen LogP contribution in [0.5, 0.6) is 11.5 Å². The number of nitrogens with one attached hydrogen (secondary N) is 1. The molecule has 2 aromatic carbocycles. The van der Waals surface area contributed by atoms with Crippen molar-refractivity contribution in [2.24, 2.45) is 0 Å². The van der Waals surface area contributed by atoms with Crippen LogP contribution in [-0.2, 0) is 10.0 Å². The molecule has 8 nitrogen and oxygen atoms in total. The van der Waals surface area contributed by atoms with Gasteiger partial charge in [0, 0.05) is 18.2 Å². The Morgan fingerprint density at radius 3 is 2.21 bits per heavy atom. The minimum absolute atomic E-state index is 0.0818. The average Bonchev–Trinajstić information content (AvgIpc) is 3.18. The van der Waals surface area contributed by atoms with E-state index in [2.05, 4.69) is 24.4 Å². The monoisotopic (exact) mass is 503 g/mol. The molecule has 0 radical (unpaired) electrons. The second-order valence-corrected chi connectivity index (χ2v) is 8.09. The first-order valence-electron chi connectivity index (χ1n) is 8.64. The Morgan fingerprint density at radius 2 is 1.61 bits per heavy atom. The predicted octanol–water partition coefficient (Wildman–Crippen LogP) is 4.24. The first-order valence-corrected chi connectivity index (χ1v) is 10.1. The molecule has 0 aliphatic rings. The molecule has 0 saturated carbocycles. The minimum Gasteiger partial charge on any atom is -0.487 e.